The fraction of sp³-hybridized carbons (Fsp3) is 0.500. The summed E-state index contributed by atoms with van der Waals surface area (Å²) in [5.41, 5.74) is 5.77. The molecule has 0 aliphatic heterocycles. The Kier molecular flexibility index (Phi) is 3.12. The van der Waals surface area contributed by atoms with Gasteiger partial charge in [-0.2, -0.15) is 0 Å². The zero-order valence-corrected chi connectivity index (χ0v) is 8.16. The molecule has 0 atom stereocenters. The molecule has 0 fully saturated rings. The smallest absolute Gasteiger partial charge is 0.204 e. The highest BCUT2D eigenvalue weighted by atomic mass is 16.1. The van der Waals surface area contributed by atoms with Gasteiger partial charge in [0.2, 0.25) is 5.43 Å². The maximum atomic E-state index is 11.0. The molecule has 1 aromatic heterocycles. The summed E-state index contributed by atoms with van der Waals surface area (Å²) in [6.07, 6.45) is 5.63. The summed E-state index contributed by atoms with van der Waals surface area (Å²) in [5, 5.41) is 0. The van der Waals surface area contributed by atoms with E-state index in [2.05, 4.69) is 13.8 Å². The third kappa shape index (κ3) is 2.11. The van der Waals surface area contributed by atoms with Gasteiger partial charge in [-0.25, -0.2) is 0 Å². The summed E-state index contributed by atoms with van der Waals surface area (Å²) in [4.78, 5) is 11.0. The van der Waals surface area contributed by atoms with Crippen molar-refractivity contribution >= 4 is 5.69 Å². The third-order valence-corrected chi connectivity index (χ3v) is 2.33. The minimum atomic E-state index is -0.0952. The number of nitrogens with zero attached hydrogens (tertiary/aromatic N) is 1. The van der Waals surface area contributed by atoms with Gasteiger partial charge in [-0.1, -0.05) is 13.8 Å². The maximum absolute atomic E-state index is 11.0. The summed E-state index contributed by atoms with van der Waals surface area (Å²) in [7, 11) is 0. The van der Waals surface area contributed by atoms with E-state index in [1.807, 2.05) is 4.57 Å². The highest BCUT2D eigenvalue weighted by molar-refractivity contribution is 5.33. The molecular weight excluding hydrogens is 164 g/mol. The highest BCUT2D eigenvalue weighted by Gasteiger charge is 2.04. The number of hydrogen-bond donors (Lipinski definition) is 1. The van der Waals surface area contributed by atoms with Crippen LogP contribution >= 0.6 is 0 Å². The fourth-order valence-electron chi connectivity index (χ4n) is 1.45. The lowest BCUT2D eigenvalue weighted by Gasteiger charge is -2.16. The van der Waals surface area contributed by atoms with Crippen LogP contribution in [0.15, 0.2) is 23.3 Å². The van der Waals surface area contributed by atoms with Gasteiger partial charge in [0.05, 0.1) is 5.69 Å². The van der Waals surface area contributed by atoms with Crippen LogP contribution in [0.25, 0.3) is 0 Å². The molecule has 0 amide bonds. The maximum Gasteiger partial charge on any atom is 0.204 e. The molecule has 72 valence electrons. The summed E-state index contributed by atoms with van der Waals surface area (Å²) in [5.74, 6) is 0. The van der Waals surface area contributed by atoms with Crippen molar-refractivity contribution in [2.75, 3.05) is 5.73 Å². The first kappa shape index (κ1) is 9.84. The Balaban J connectivity index is 3.02. The van der Waals surface area contributed by atoms with E-state index in [4.69, 9.17) is 5.73 Å². The van der Waals surface area contributed by atoms with Gasteiger partial charge in [-0.15, -0.1) is 0 Å². The van der Waals surface area contributed by atoms with Crippen molar-refractivity contribution in [1.82, 2.24) is 4.57 Å². The number of anilines is 1. The van der Waals surface area contributed by atoms with E-state index >= 15 is 0 Å². The molecule has 0 bridgehead atoms. The molecule has 0 spiro atoms. The van der Waals surface area contributed by atoms with E-state index in [0.29, 0.717) is 11.7 Å². The van der Waals surface area contributed by atoms with E-state index in [1.165, 1.54) is 6.07 Å². The first-order valence-electron chi connectivity index (χ1n) is 4.66. The molecule has 1 heterocycles. The average Bonchev–Trinajstić information content (AvgIpc) is 2.13. The molecule has 1 rings (SSSR count). The van der Waals surface area contributed by atoms with E-state index in [-0.39, 0.29) is 5.43 Å². The number of hydrogen-bond acceptors (Lipinski definition) is 2. The first-order valence-corrected chi connectivity index (χ1v) is 4.66. The van der Waals surface area contributed by atoms with E-state index in [0.717, 1.165) is 12.8 Å². The Morgan fingerprint density at radius 2 is 2.08 bits per heavy atom. The Bertz CT molecular complexity index is 326. The predicted octanol–water partition coefficient (Wildman–Crippen LogP) is 1.79. The molecule has 0 aliphatic rings. The largest absolute Gasteiger partial charge is 0.394 e. The van der Waals surface area contributed by atoms with Gasteiger partial charge in [0, 0.05) is 24.5 Å². The second-order valence-corrected chi connectivity index (χ2v) is 3.18. The summed E-state index contributed by atoms with van der Waals surface area (Å²) in [6, 6.07) is 1.97. The Morgan fingerprint density at radius 1 is 1.46 bits per heavy atom. The molecule has 13 heavy (non-hydrogen) atoms. The molecule has 2 N–H and O–H groups in total. The van der Waals surface area contributed by atoms with Gasteiger partial charge in [0.1, 0.15) is 0 Å². The molecule has 0 aliphatic carbocycles. The van der Waals surface area contributed by atoms with Gasteiger partial charge in [-0.05, 0) is 12.8 Å². The number of aromatic nitrogens is 1. The van der Waals surface area contributed by atoms with Crippen LogP contribution in [0.2, 0.25) is 0 Å². The molecule has 3 nitrogen and oxygen atoms in total. The minimum Gasteiger partial charge on any atom is -0.394 e. The second kappa shape index (κ2) is 4.12. The summed E-state index contributed by atoms with van der Waals surface area (Å²) < 4.78 is 2.01. The molecule has 0 saturated carbocycles. The number of rotatable bonds is 3. The minimum absolute atomic E-state index is 0.0952. The lowest BCUT2D eigenvalue weighted by Crippen LogP contribution is -2.14. The quantitative estimate of drug-likeness (QED) is 0.771. The number of nitrogen functional groups attached to an aromatic ring is 1. The van der Waals surface area contributed by atoms with Crippen LogP contribution in [0.3, 0.4) is 0 Å². The standard InChI is InChI=1S/C10H16N2O/c1-3-8(4-2)12-6-5-10(13)9(11)7-12/h5-8H,3-4,11H2,1-2H3. The van der Waals surface area contributed by atoms with Crippen LogP contribution < -0.4 is 11.2 Å². The van der Waals surface area contributed by atoms with E-state index in [9.17, 15) is 4.79 Å². The van der Waals surface area contributed by atoms with Crippen molar-refractivity contribution in [2.45, 2.75) is 32.7 Å². The van der Waals surface area contributed by atoms with Crippen LogP contribution in [0, 0.1) is 0 Å². The lowest BCUT2D eigenvalue weighted by molar-refractivity contribution is 0.470. The van der Waals surface area contributed by atoms with Crippen molar-refractivity contribution in [3.63, 3.8) is 0 Å². The van der Waals surface area contributed by atoms with Crippen molar-refractivity contribution in [3.8, 4) is 0 Å². The second-order valence-electron chi connectivity index (χ2n) is 3.18. The van der Waals surface area contributed by atoms with Gasteiger partial charge < -0.3 is 10.3 Å². The van der Waals surface area contributed by atoms with Gasteiger partial charge in [0.15, 0.2) is 0 Å². The van der Waals surface area contributed by atoms with E-state index < -0.39 is 0 Å². The van der Waals surface area contributed by atoms with Crippen LogP contribution in [0.1, 0.15) is 32.7 Å². The Morgan fingerprint density at radius 3 is 2.54 bits per heavy atom. The Hall–Kier alpha value is -1.25. The molecule has 0 saturated heterocycles. The van der Waals surface area contributed by atoms with Crippen LogP contribution in [0.5, 0.6) is 0 Å². The molecule has 0 radical (unpaired) electrons. The summed E-state index contributed by atoms with van der Waals surface area (Å²) >= 11 is 0. The molecular formula is C10H16N2O. The van der Waals surface area contributed by atoms with Gasteiger partial charge >= 0.3 is 0 Å². The number of nitrogens with two attached hydrogens (primary N) is 1. The lowest BCUT2D eigenvalue weighted by atomic mass is 10.1. The van der Waals surface area contributed by atoms with Crippen molar-refractivity contribution in [1.29, 1.82) is 0 Å². The van der Waals surface area contributed by atoms with Crippen LogP contribution in [0.4, 0.5) is 5.69 Å². The third-order valence-electron chi connectivity index (χ3n) is 2.33. The fourth-order valence-corrected chi connectivity index (χ4v) is 1.45. The zero-order valence-electron chi connectivity index (χ0n) is 8.16. The van der Waals surface area contributed by atoms with E-state index in [1.54, 1.807) is 12.4 Å². The molecule has 1 aromatic rings. The van der Waals surface area contributed by atoms with Crippen molar-refractivity contribution < 1.29 is 0 Å². The molecule has 0 aromatic carbocycles. The van der Waals surface area contributed by atoms with Crippen molar-refractivity contribution in [2.24, 2.45) is 0 Å². The SMILES string of the molecule is CCC(CC)n1ccc(=O)c(N)c1. The monoisotopic (exact) mass is 180 g/mol. The normalized spacial score (nSPS) is 10.7. The highest BCUT2D eigenvalue weighted by Crippen LogP contribution is 2.14. The van der Waals surface area contributed by atoms with Crippen molar-refractivity contribution in [3.05, 3.63) is 28.7 Å². The molecule has 3 heteroatoms. The topological polar surface area (TPSA) is 48.0 Å². The predicted molar refractivity (Wildman–Crippen MR) is 54.7 cm³/mol. The number of pyridine rings is 1. The van der Waals surface area contributed by atoms with Gasteiger partial charge in [-0.3, -0.25) is 4.79 Å². The van der Waals surface area contributed by atoms with Gasteiger partial charge in [0.25, 0.3) is 0 Å². The Labute approximate surface area is 78.2 Å². The van der Waals surface area contributed by atoms with Crippen LogP contribution in [-0.4, -0.2) is 4.57 Å². The zero-order chi connectivity index (χ0) is 9.84. The van der Waals surface area contributed by atoms with Crippen LogP contribution in [-0.2, 0) is 0 Å². The average molecular weight is 180 g/mol. The summed E-state index contributed by atoms with van der Waals surface area (Å²) in [6.45, 7) is 4.25. The molecule has 0 unspecified atom stereocenters. The first-order chi connectivity index (χ1) is 6.19.